The number of nitrogens with one attached hydrogen (secondary N) is 1. The Balaban J connectivity index is 1.52. The second kappa shape index (κ2) is 7.03. The molecule has 1 aromatic carbocycles. The molecule has 3 rings (SSSR count). The van der Waals surface area contributed by atoms with Gasteiger partial charge in [0.05, 0.1) is 0 Å². The van der Waals surface area contributed by atoms with Gasteiger partial charge in [-0.25, -0.2) is 0 Å². The van der Waals surface area contributed by atoms with Crippen LogP contribution in [0.25, 0.3) is 10.4 Å². The number of benzene rings is 1. The highest BCUT2D eigenvalue weighted by Gasteiger charge is 2.06. The Morgan fingerprint density at radius 1 is 1.05 bits per heavy atom. The van der Waals surface area contributed by atoms with Crippen LogP contribution in [-0.4, -0.2) is 6.54 Å². The zero-order chi connectivity index (χ0) is 14.5. The SMILES string of the molecule is CC(CNCc1cc(-c2cccs2)cs1)c1ccccc1. The van der Waals surface area contributed by atoms with Crippen LogP contribution in [0, 0.1) is 0 Å². The molecule has 21 heavy (non-hydrogen) atoms. The van der Waals surface area contributed by atoms with E-state index >= 15 is 0 Å². The molecular weight excluding hydrogens is 294 g/mol. The van der Waals surface area contributed by atoms with Gasteiger partial charge in [-0.05, 0) is 34.4 Å². The predicted octanol–water partition coefficient (Wildman–Crippen LogP) is 5.37. The summed E-state index contributed by atoms with van der Waals surface area (Å²) in [4.78, 5) is 2.76. The Kier molecular flexibility index (Phi) is 4.86. The van der Waals surface area contributed by atoms with E-state index in [0.29, 0.717) is 5.92 Å². The normalized spacial score (nSPS) is 12.4. The lowest BCUT2D eigenvalue weighted by atomic mass is 10.0. The maximum absolute atomic E-state index is 3.57. The Hall–Kier alpha value is -1.42. The van der Waals surface area contributed by atoms with Crippen molar-refractivity contribution >= 4 is 22.7 Å². The third-order valence-electron chi connectivity index (χ3n) is 3.58. The molecule has 108 valence electrons. The molecule has 1 atom stereocenters. The van der Waals surface area contributed by atoms with Crippen molar-refractivity contribution < 1.29 is 0 Å². The van der Waals surface area contributed by atoms with Gasteiger partial charge >= 0.3 is 0 Å². The average Bonchev–Trinajstić information content (AvgIpc) is 3.19. The van der Waals surface area contributed by atoms with Gasteiger partial charge in [0.1, 0.15) is 0 Å². The third kappa shape index (κ3) is 3.82. The van der Waals surface area contributed by atoms with Crippen LogP contribution in [0.4, 0.5) is 0 Å². The largest absolute Gasteiger partial charge is 0.311 e. The first-order valence-corrected chi connectivity index (χ1v) is 8.96. The quantitative estimate of drug-likeness (QED) is 0.645. The number of hydrogen-bond donors (Lipinski definition) is 1. The van der Waals surface area contributed by atoms with Gasteiger partial charge in [0, 0.05) is 28.4 Å². The lowest BCUT2D eigenvalue weighted by molar-refractivity contribution is 0.619. The molecule has 0 amide bonds. The van der Waals surface area contributed by atoms with Crippen LogP contribution in [-0.2, 0) is 6.54 Å². The van der Waals surface area contributed by atoms with Gasteiger partial charge in [-0.2, -0.15) is 0 Å². The minimum absolute atomic E-state index is 0.544. The van der Waals surface area contributed by atoms with E-state index in [2.05, 4.69) is 71.5 Å². The number of hydrogen-bond acceptors (Lipinski definition) is 3. The Bertz CT molecular complexity index is 656. The van der Waals surface area contributed by atoms with Crippen LogP contribution in [0.5, 0.6) is 0 Å². The van der Waals surface area contributed by atoms with Crippen molar-refractivity contribution in [3.05, 3.63) is 69.7 Å². The topological polar surface area (TPSA) is 12.0 Å². The molecule has 0 radical (unpaired) electrons. The zero-order valence-corrected chi connectivity index (χ0v) is 13.7. The summed E-state index contributed by atoms with van der Waals surface area (Å²) in [6, 6.07) is 17.3. The monoisotopic (exact) mass is 313 g/mol. The molecule has 0 aliphatic heterocycles. The van der Waals surface area contributed by atoms with Crippen molar-refractivity contribution in [3.8, 4) is 10.4 Å². The number of thiophene rings is 2. The van der Waals surface area contributed by atoms with E-state index in [9.17, 15) is 0 Å². The lowest BCUT2D eigenvalue weighted by Gasteiger charge is -2.12. The highest BCUT2D eigenvalue weighted by Crippen LogP contribution is 2.29. The zero-order valence-electron chi connectivity index (χ0n) is 12.1. The van der Waals surface area contributed by atoms with E-state index in [-0.39, 0.29) is 0 Å². The van der Waals surface area contributed by atoms with Gasteiger partial charge in [-0.1, -0.05) is 43.3 Å². The fourth-order valence-corrected chi connectivity index (χ4v) is 4.00. The first kappa shape index (κ1) is 14.5. The highest BCUT2D eigenvalue weighted by molar-refractivity contribution is 7.14. The molecular formula is C18H19NS2. The summed E-state index contributed by atoms with van der Waals surface area (Å²) in [5.74, 6) is 0.544. The molecule has 1 unspecified atom stereocenters. The summed E-state index contributed by atoms with van der Waals surface area (Å²) in [5.41, 5.74) is 2.75. The predicted molar refractivity (Wildman–Crippen MR) is 94.2 cm³/mol. The van der Waals surface area contributed by atoms with Crippen LogP contribution in [0.1, 0.15) is 23.3 Å². The number of rotatable bonds is 6. The first-order valence-electron chi connectivity index (χ1n) is 7.20. The van der Waals surface area contributed by atoms with Crippen molar-refractivity contribution in [1.29, 1.82) is 0 Å². The van der Waals surface area contributed by atoms with E-state index < -0.39 is 0 Å². The molecule has 2 heterocycles. The Morgan fingerprint density at radius 3 is 2.67 bits per heavy atom. The molecule has 3 heteroatoms. The maximum atomic E-state index is 3.57. The van der Waals surface area contributed by atoms with E-state index in [1.165, 1.54) is 20.9 Å². The summed E-state index contributed by atoms with van der Waals surface area (Å²) in [6.07, 6.45) is 0. The minimum atomic E-state index is 0.544. The average molecular weight is 313 g/mol. The lowest BCUT2D eigenvalue weighted by Crippen LogP contribution is -2.19. The molecule has 3 aromatic rings. The highest BCUT2D eigenvalue weighted by atomic mass is 32.1. The fraction of sp³-hybridized carbons (Fsp3) is 0.222. The van der Waals surface area contributed by atoms with Gasteiger partial charge in [0.25, 0.3) is 0 Å². The summed E-state index contributed by atoms with van der Waals surface area (Å²) in [5, 5.41) is 7.96. The first-order chi connectivity index (χ1) is 10.3. The van der Waals surface area contributed by atoms with Gasteiger partial charge in [-0.15, -0.1) is 22.7 Å². The van der Waals surface area contributed by atoms with Crippen LogP contribution >= 0.6 is 22.7 Å². The molecule has 1 nitrogen and oxygen atoms in total. The maximum Gasteiger partial charge on any atom is 0.0351 e. The van der Waals surface area contributed by atoms with E-state index in [1.807, 2.05) is 11.3 Å². The minimum Gasteiger partial charge on any atom is -0.311 e. The van der Waals surface area contributed by atoms with E-state index in [4.69, 9.17) is 0 Å². The van der Waals surface area contributed by atoms with Crippen molar-refractivity contribution in [1.82, 2.24) is 5.32 Å². The smallest absolute Gasteiger partial charge is 0.0351 e. The van der Waals surface area contributed by atoms with Crippen molar-refractivity contribution in [2.75, 3.05) is 6.54 Å². The van der Waals surface area contributed by atoms with Gasteiger partial charge in [0.2, 0.25) is 0 Å². The van der Waals surface area contributed by atoms with Gasteiger partial charge < -0.3 is 5.32 Å². The van der Waals surface area contributed by atoms with Crippen LogP contribution < -0.4 is 5.32 Å². The molecule has 0 fully saturated rings. The van der Waals surface area contributed by atoms with Crippen LogP contribution in [0.3, 0.4) is 0 Å². The molecule has 0 spiro atoms. The van der Waals surface area contributed by atoms with E-state index in [1.54, 1.807) is 11.3 Å². The van der Waals surface area contributed by atoms with Crippen molar-refractivity contribution in [3.63, 3.8) is 0 Å². The van der Waals surface area contributed by atoms with Gasteiger partial charge in [-0.3, -0.25) is 0 Å². The molecule has 0 bridgehead atoms. The van der Waals surface area contributed by atoms with Crippen molar-refractivity contribution in [2.24, 2.45) is 0 Å². The summed E-state index contributed by atoms with van der Waals surface area (Å²) in [6.45, 7) is 4.23. The molecule has 1 N–H and O–H groups in total. The summed E-state index contributed by atoms with van der Waals surface area (Å²) in [7, 11) is 0. The summed E-state index contributed by atoms with van der Waals surface area (Å²) >= 11 is 3.64. The Morgan fingerprint density at radius 2 is 1.90 bits per heavy atom. The molecule has 0 aliphatic rings. The molecule has 0 saturated heterocycles. The Labute approximate surface area is 134 Å². The molecule has 0 saturated carbocycles. The van der Waals surface area contributed by atoms with Crippen LogP contribution in [0.15, 0.2) is 59.3 Å². The molecule has 0 aliphatic carbocycles. The summed E-state index contributed by atoms with van der Waals surface area (Å²) < 4.78 is 0. The fourth-order valence-electron chi connectivity index (χ4n) is 2.36. The van der Waals surface area contributed by atoms with Crippen molar-refractivity contribution in [2.45, 2.75) is 19.4 Å². The standard InChI is InChI=1S/C18H19NS2/c1-14(15-6-3-2-4-7-15)11-19-12-17-10-16(13-21-17)18-8-5-9-20-18/h2-10,13-14,19H,11-12H2,1H3. The third-order valence-corrected chi connectivity index (χ3v) is 5.43. The van der Waals surface area contributed by atoms with Crippen LogP contribution in [0.2, 0.25) is 0 Å². The second-order valence-corrected chi connectivity index (χ2v) is 7.17. The van der Waals surface area contributed by atoms with Gasteiger partial charge in [0.15, 0.2) is 0 Å². The van der Waals surface area contributed by atoms with E-state index in [0.717, 1.165) is 13.1 Å². The second-order valence-electron chi connectivity index (χ2n) is 5.22. The molecule has 2 aromatic heterocycles.